The maximum Gasteiger partial charge on any atom is 0.372 e. The molecule has 1 aliphatic carbocycles. The Balaban J connectivity index is 1.78. The molecule has 2 N–H and O–H groups in total. The van der Waals surface area contributed by atoms with Crippen LogP contribution >= 0.6 is 0 Å². The number of hydrogen-bond acceptors (Lipinski definition) is 3. The lowest BCUT2D eigenvalue weighted by Gasteiger charge is -2.10. The molecule has 0 amide bonds. The number of nitrogens with one attached hydrogen (secondary N) is 1. The normalized spacial score (nSPS) is 16.0. The van der Waals surface area contributed by atoms with Crippen LogP contribution < -0.4 is 5.32 Å². The molecule has 1 aromatic carbocycles. The molecule has 3 rings (SSSR count). The summed E-state index contributed by atoms with van der Waals surface area (Å²) < 4.78 is 5.44. The quantitative estimate of drug-likeness (QED) is 0.876. The molecule has 0 bridgehead atoms. The van der Waals surface area contributed by atoms with E-state index in [1.165, 1.54) is 25.7 Å². The van der Waals surface area contributed by atoms with Gasteiger partial charge in [-0.25, -0.2) is 4.79 Å². The van der Waals surface area contributed by atoms with Gasteiger partial charge in [-0.2, -0.15) is 0 Å². The second kappa shape index (κ2) is 5.67. The number of carboxylic acids is 1. The van der Waals surface area contributed by atoms with E-state index in [-0.39, 0.29) is 5.76 Å². The van der Waals surface area contributed by atoms with E-state index in [4.69, 9.17) is 4.42 Å². The molecule has 1 aliphatic rings. The zero-order chi connectivity index (χ0) is 13.9. The van der Waals surface area contributed by atoms with Crippen LogP contribution in [0.4, 0.5) is 0 Å². The maximum atomic E-state index is 11.3. The fraction of sp³-hybridized carbons (Fsp3) is 0.438. The van der Waals surface area contributed by atoms with E-state index in [1.807, 2.05) is 24.3 Å². The zero-order valence-electron chi connectivity index (χ0n) is 11.4. The van der Waals surface area contributed by atoms with Gasteiger partial charge >= 0.3 is 5.97 Å². The predicted molar refractivity (Wildman–Crippen MR) is 76.8 cm³/mol. The molecular weight excluding hydrogens is 254 g/mol. The van der Waals surface area contributed by atoms with Crippen molar-refractivity contribution in [3.8, 4) is 0 Å². The summed E-state index contributed by atoms with van der Waals surface area (Å²) in [6.07, 6.45) is 5.21. The Morgan fingerprint density at radius 1 is 1.30 bits per heavy atom. The Bertz CT molecular complexity index is 611. The van der Waals surface area contributed by atoms with E-state index in [0.717, 1.165) is 23.4 Å². The van der Waals surface area contributed by atoms with E-state index >= 15 is 0 Å². The van der Waals surface area contributed by atoms with Gasteiger partial charge in [0, 0.05) is 17.5 Å². The largest absolute Gasteiger partial charge is 0.475 e. The molecule has 1 aromatic heterocycles. The number of carbonyl (C=O) groups is 1. The van der Waals surface area contributed by atoms with Crippen LogP contribution in [0.15, 0.2) is 28.7 Å². The van der Waals surface area contributed by atoms with Crippen molar-refractivity contribution in [2.45, 2.75) is 32.2 Å². The number of benzene rings is 1. The molecular formula is C16H19NO3. The summed E-state index contributed by atoms with van der Waals surface area (Å²) in [5, 5.41) is 13.5. The Hall–Kier alpha value is -1.81. The van der Waals surface area contributed by atoms with Gasteiger partial charge in [-0.15, -0.1) is 0 Å². The number of carboxylic acid groups (broad SMARTS) is 1. The molecule has 1 saturated carbocycles. The van der Waals surface area contributed by atoms with Crippen LogP contribution in [0.1, 0.15) is 41.8 Å². The number of para-hydroxylation sites is 1. The first-order chi connectivity index (χ1) is 9.75. The van der Waals surface area contributed by atoms with E-state index in [9.17, 15) is 9.90 Å². The monoisotopic (exact) mass is 273 g/mol. The first-order valence-electron chi connectivity index (χ1n) is 7.20. The van der Waals surface area contributed by atoms with Gasteiger partial charge in [-0.05, 0) is 31.4 Å². The molecule has 1 fully saturated rings. The molecule has 0 aliphatic heterocycles. The van der Waals surface area contributed by atoms with Crippen LogP contribution in [0.2, 0.25) is 0 Å². The third kappa shape index (κ3) is 2.56. The lowest BCUT2D eigenvalue weighted by atomic mass is 10.1. The lowest BCUT2D eigenvalue weighted by Crippen LogP contribution is -2.21. The van der Waals surface area contributed by atoms with Gasteiger partial charge in [0.1, 0.15) is 5.58 Å². The molecule has 0 spiro atoms. The molecule has 106 valence electrons. The Labute approximate surface area is 117 Å². The van der Waals surface area contributed by atoms with Gasteiger partial charge < -0.3 is 14.8 Å². The van der Waals surface area contributed by atoms with Crippen LogP contribution in [-0.4, -0.2) is 17.6 Å². The van der Waals surface area contributed by atoms with Crippen molar-refractivity contribution in [2.24, 2.45) is 5.92 Å². The minimum Gasteiger partial charge on any atom is -0.475 e. The number of rotatable bonds is 5. The van der Waals surface area contributed by atoms with Crippen LogP contribution in [0.3, 0.4) is 0 Å². The molecule has 0 radical (unpaired) electrons. The van der Waals surface area contributed by atoms with E-state index in [0.29, 0.717) is 12.1 Å². The van der Waals surface area contributed by atoms with Crippen molar-refractivity contribution in [1.82, 2.24) is 5.32 Å². The summed E-state index contributed by atoms with van der Waals surface area (Å²) in [6, 6.07) is 7.48. The summed E-state index contributed by atoms with van der Waals surface area (Å²) in [5.74, 6) is -0.203. The molecule has 0 atom stereocenters. The summed E-state index contributed by atoms with van der Waals surface area (Å²) in [4.78, 5) is 11.3. The summed E-state index contributed by atoms with van der Waals surface area (Å²) in [6.45, 7) is 1.51. The average molecular weight is 273 g/mol. The van der Waals surface area contributed by atoms with Crippen molar-refractivity contribution in [3.63, 3.8) is 0 Å². The third-order valence-corrected chi connectivity index (χ3v) is 4.10. The average Bonchev–Trinajstić information content (AvgIpc) is 3.07. The number of aromatic carboxylic acids is 1. The van der Waals surface area contributed by atoms with Gasteiger partial charge in [0.05, 0.1) is 0 Å². The van der Waals surface area contributed by atoms with E-state index in [1.54, 1.807) is 0 Å². The van der Waals surface area contributed by atoms with Crippen molar-refractivity contribution in [2.75, 3.05) is 6.54 Å². The second-order valence-corrected chi connectivity index (χ2v) is 5.49. The van der Waals surface area contributed by atoms with Crippen molar-refractivity contribution >= 4 is 16.9 Å². The van der Waals surface area contributed by atoms with Crippen LogP contribution in [0, 0.1) is 5.92 Å². The van der Waals surface area contributed by atoms with Gasteiger partial charge in [-0.1, -0.05) is 31.0 Å². The Kier molecular flexibility index (Phi) is 3.74. The standard InChI is InChI=1S/C16H19NO3/c18-16(19)15-13(10-17-9-11-5-1-2-6-11)12-7-3-4-8-14(12)20-15/h3-4,7-8,11,17H,1-2,5-6,9-10H2,(H,18,19). The molecule has 0 unspecified atom stereocenters. The molecule has 2 aromatic rings. The van der Waals surface area contributed by atoms with Gasteiger partial charge in [-0.3, -0.25) is 0 Å². The second-order valence-electron chi connectivity index (χ2n) is 5.49. The highest BCUT2D eigenvalue weighted by molar-refractivity contribution is 5.95. The first-order valence-corrected chi connectivity index (χ1v) is 7.20. The number of fused-ring (bicyclic) bond motifs is 1. The number of hydrogen-bond donors (Lipinski definition) is 2. The maximum absolute atomic E-state index is 11.3. The van der Waals surface area contributed by atoms with Crippen LogP contribution in [0.25, 0.3) is 11.0 Å². The minimum atomic E-state index is -1.00. The number of furan rings is 1. The SMILES string of the molecule is O=C(O)c1oc2ccccc2c1CNCC1CCCC1. The van der Waals surface area contributed by atoms with Gasteiger partial charge in [0.15, 0.2) is 0 Å². The molecule has 0 saturated heterocycles. The van der Waals surface area contributed by atoms with Crippen molar-refractivity contribution in [3.05, 3.63) is 35.6 Å². The molecule has 4 heteroatoms. The van der Waals surface area contributed by atoms with Crippen molar-refractivity contribution < 1.29 is 14.3 Å². The first kappa shape index (κ1) is 13.2. The van der Waals surface area contributed by atoms with Gasteiger partial charge in [0.25, 0.3) is 0 Å². The third-order valence-electron chi connectivity index (χ3n) is 4.10. The Morgan fingerprint density at radius 2 is 2.05 bits per heavy atom. The highest BCUT2D eigenvalue weighted by atomic mass is 16.4. The highest BCUT2D eigenvalue weighted by Crippen LogP contribution is 2.27. The van der Waals surface area contributed by atoms with Crippen molar-refractivity contribution in [1.29, 1.82) is 0 Å². The molecule has 1 heterocycles. The molecule has 20 heavy (non-hydrogen) atoms. The van der Waals surface area contributed by atoms with Crippen LogP contribution in [0.5, 0.6) is 0 Å². The van der Waals surface area contributed by atoms with Crippen LogP contribution in [-0.2, 0) is 6.54 Å². The fourth-order valence-corrected chi connectivity index (χ4v) is 3.06. The lowest BCUT2D eigenvalue weighted by molar-refractivity contribution is 0.0663. The van der Waals surface area contributed by atoms with Gasteiger partial charge in [0.2, 0.25) is 5.76 Å². The fourth-order valence-electron chi connectivity index (χ4n) is 3.06. The summed E-state index contributed by atoms with van der Waals surface area (Å²) in [5.41, 5.74) is 1.40. The Morgan fingerprint density at radius 3 is 2.80 bits per heavy atom. The topological polar surface area (TPSA) is 62.5 Å². The summed E-state index contributed by atoms with van der Waals surface area (Å²) in [7, 11) is 0. The highest BCUT2D eigenvalue weighted by Gasteiger charge is 2.20. The summed E-state index contributed by atoms with van der Waals surface area (Å²) >= 11 is 0. The smallest absolute Gasteiger partial charge is 0.372 e. The predicted octanol–water partition coefficient (Wildman–Crippen LogP) is 3.41. The molecule has 4 nitrogen and oxygen atoms in total. The minimum absolute atomic E-state index is 0.0603. The van der Waals surface area contributed by atoms with E-state index in [2.05, 4.69) is 5.32 Å². The van der Waals surface area contributed by atoms with E-state index < -0.39 is 5.97 Å². The zero-order valence-corrected chi connectivity index (χ0v) is 11.4.